The third-order valence-electron chi connectivity index (χ3n) is 6.18. The molecule has 4 aromatic heterocycles. The highest BCUT2D eigenvalue weighted by atomic mass is 35.5. The van der Waals surface area contributed by atoms with E-state index in [1.165, 1.54) is 0 Å². The molecule has 4 aromatic rings. The number of halogens is 1. The van der Waals surface area contributed by atoms with Crippen molar-refractivity contribution >= 4 is 40.5 Å². The Kier molecular flexibility index (Phi) is 6.14. The molecule has 0 bridgehead atoms. The van der Waals surface area contributed by atoms with Crippen molar-refractivity contribution < 1.29 is 0 Å². The Balaban J connectivity index is 1.28. The lowest BCUT2D eigenvalue weighted by molar-refractivity contribution is 0.365. The van der Waals surface area contributed by atoms with Crippen LogP contribution in [0.1, 0.15) is 25.3 Å². The van der Waals surface area contributed by atoms with Crippen LogP contribution >= 0.6 is 11.6 Å². The average molecular weight is 474 g/mol. The first-order valence-electron chi connectivity index (χ1n) is 11.2. The Bertz CT molecular complexity index is 1330. The number of piperidine rings is 1. The number of nitrogens with one attached hydrogen (secondary N) is 2. The highest BCUT2D eigenvalue weighted by Crippen LogP contribution is 2.29. The van der Waals surface area contributed by atoms with E-state index >= 15 is 0 Å². The van der Waals surface area contributed by atoms with E-state index in [0.29, 0.717) is 28.3 Å². The van der Waals surface area contributed by atoms with Gasteiger partial charge in [0.15, 0.2) is 5.82 Å². The summed E-state index contributed by atoms with van der Waals surface area (Å²) >= 11 is 6.45. The van der Waals surface area contributed by atoms with Gasteiger partial charge < -0.3 is 19.9 Å². The minimum atomic E-state index is 0.223. The summed E-state index contributed by atoms with van der Waals surface area (Å²) < 4.78 is 1.94. The minimum Gasteiger partial charge on any atom is -0.366 e. The third-order valence-corrected chi connectivity index (χ3v) is 6.46. The Morgan fingerprint density at radius 2 is 2.09 bits per heavy atom. The van der Waals surface area contributed by atoms with Crippen LogP contribution in [0.3, 0.4) is 0 Å². The lowest BCUT2D eigenvalue weighted by atomic mass is 9.90. The molecule has 9 nitrogen and oxygen atoms in total. The molecule has 5 heterocycles. The topological polar surface area (TPSA) is 107 Å². The second kappa shape index (κ2) is 9.53. The molecule has 0 aromatic carbocycles. The Morgan fingerprint density at radius 1 is 1.18 bits per heavy atom. The van der Waals surface area contributed by atoms with E-state index in [4.69, 9.17) is 16.9 Å². The summed E-state index contributed by atoms with van der Waals surface area (Å²) in [6.45, 7) is 3.91. The van der Waals surface area contributed by atoms with Crippen molar-refractivity contribution in [2.24, 2.45) is 5.92 Å². The smallest absolute Gasteiger partial charge is 0.229 e. The maximum absolute atomic E-state index is 9.01. The first-order valence-corrected chi connectivity index (χ1v) is 11.6. The number of pyridine rings is 2. The molecule has 172 valence electrons. The quantitative estimate of drug-likeness (QED) is 0.421. The monoisotopic (exact) mass is 473 g/mol. The van der Waals surface area contributed by atoms with E-state index in [-0.39, 0.29) is 6.04 Å². The zero-order chi connectivity index (χ0) is 23.5. The number of imidazole rings is 1. The minimum absolute atomic E-state index is 0.223. The van der Waals surface area contributed by atoms with Gasteiger partial charge in [0.25, 0.3) is 0 Å². The Morgan fingerprint density at radius 3 is 2.88 bits per heavy atom. The summed E-state index contributed by atoms with van der Waals surface area (Å²) in [6.07, 6.45) is 10.7. The zero-order valence-electron chi connectivity index (χ0n) is 18.7. The average Bonchev–Trinajstić information content (AvgIpc) is 3.34. The fourth-order valence-corrected chi connectivity index (χ4v) is 4.45. The van der Waals surface area contributed by atoms with Crippen molar-refractivity contribution in [2.75, 3.05) is 28.6 Å². The predicted molar refractivity (Wildman–Crippen MR) is 132 cm³/mol. The molecule has 0 radical (unpaired) electrons. The molecule has 0 saturated carbocycles. The van der Waals surface area contributed by atoms with Crippen LogP contribution < -0.4 is 15.5 Å². The van der Waals surface area contributed by atoms with Gasteiger partial charge in [-0.2, -0.15) is 10.2 Å². The first-order chi connectivity index (χ1) is 16.6. The molecule has 2 unspecified atom stereocenters. The van der Waals surface area contributed by atoms with E-state index in [9.17, 15) is 0 Å². The van der Waals surface area contributed by atoms with E-state index in [0.717, 1.165) is 43.1 Å². The lowest BCUT2D eigenvalue weighted by Crippen LogP contribution is -2.46. The van der Waals surface area contributed by atoms with Gasteiger partial charge >= 0.3 is 0 Å². The molecule has 0 amide bonds. The number of nitrogens with zero attached hydrogens (tertiary/aromatic N) is 7. The number of hydrogen-bond donors (Lipinski definition) is 2. The number of nitriles is 1. The van der Waals surface area contributed by atoms with Crippen molar-refractivity contribution in [1.29, 1.82) is 5.26 Å². The molecule has 1 aliphatic rings. The van der Waals surface area contributed by atoms with Gasteiger partial charge in [-0.1, -0.05) is 18.5 Å². The second-order valence-corrected chi connectivity index (χ2v) is 8.70. The molecule has 1 aliphatic heterocycles. The van der Waals surface area contributed by atoms with Crippen LogP contribution in [0.4, 0.5) is 23.3 Å². The van der Waals surface area contributed by atoms with Crippen LogP contribution in [-0.4, -0.2) is 43.5 Å². The maximum atomic E-state index is 9.01. The van der Waals surface area contributed by atoms with Crippen LogP contribution in [-0.2, 0) is 0 Å². The lowest BCUT2D eigenvalue weighted by Gasteiger charge is -2.39. The summed E-state index contributed by atoms with van der Waals surface area (Å²) in [7, 11) is 0. The number of fused-ring (bicyclic) bond motifs is 1. The zero-order valence-corrected chi connectivity index (χ0v) is 19.4. The molecule has 0 aliphatic carbocycles. The van der Waals surface area contributed by atoms with Crippen LogP contribution in [0.15, 0.2) is 55.2 Å². The molecule has 0 spiro atoms. The summed E-state index contributed by atoms with van der Waals surface area (Å²) in [5.74, 6) is 2.37. The molecule has 5 rings (SSSR count). The molecule has 2 N–H and O–H groups in total. The van der Waals surface area contributed by atoms with Gasteiger partial charge in [-0.05, 0) is 37.0 Å². The van der Waals surface area contributed by atoms with Crippen LogP contribution in [0, 0.1) is 17.2 Å². The predicted octanol–water partition coefficient (Wildman–Crippen LogP) is 4.50. The van der Waals surface area contributed by atoms with E-state index in [2.05, 4.69) is 48.5 Å². The summed E-state index contributed by atoms with van der Waals surface area (Å²) in [4.78, 5) is 20.0. The fraction of sp³-hybridized carbons (Fsp3) is 0.292. The molecular weight excluding hydrogens is 450 g/mol. The van der Waals surface area contributed by atoms with Crippen LogP contribution in [0.25, 0.3) is 5.65 Å². The number of hydrogen-bond acceptors (Lipinski definition) is 8. The normalized spacial score (nSPS) is 18.0. The molecule has 1 fully saturated rings. The number of aromatic nitrogens is 5. The molecular formula is C24H24ClN9. The van der Waals surface area contributed by atoms with Gasteiger partial charge in [-0.15, -0.1) is 0 Å². The van der Waals surface area contributed by atoms with Gasteiger partial charge in [-0.3, -0.25) is 0 Å². The highest BCUT2D eigenvalue weighted by molar-refractivity contribution is 6.32. The van der Waals surface area contributed by atoms with Gasteiger partial charge in [0.05, 0.1) is 11.8 Å². The summed E-state index contributed by atoms with van der Waals surface area (Å²) in [6, 6.07) is 9.95. The molecule has 34 heavy (non-hydrogen) atoms. The van der Waals surface area contributed by atoms with Crippen molar-refractivity contribution in [3.8, 4) is 6.07 Å². The largest absolute Gasteiger partial charge is 0.366 e. The maximum Gasteiger partial charge on any atom is 0.229 e. The standard InChI is InChI=1S/C24H24ClN9/c1-2-17-15-34(21-4-3-16(12-26)13-28-21)9-6-20(17)31-23-19(25)14-29-24(32-23)30-18-5-8-33-10-7-27-22(33)11-18/h3-5,7-8,10-11,13-14,17,20H,2,6,9,15H2,1H3,(H2,29,30,31,32). The van der Waals surface area contributed by atoms with Gasteiger partial charge in [0.1, 0.15) is 22.6 Å². The molecule has 10 heteroatoms. The Hall–Kier alpha value is -3.90. The SMILES string of the molecule is CCC1CN(c2ccc(C#N)cn2)CCC1Nc1nc(Nc2ccn3ccnc3c2)ncc1Cl. The van der Waals surface area contributed by atoms with Gasteiger partial charge in [0, 0.05) is 55.7 Å². The van der Waals surface area contributed by atoms with Gasteiger partial charge in [-0.25, -0.2) is 15.0 Å². The summed E-state index contributed by atoms with van der Waals surface area (Å²) in [5, 5.41) is 16.3. The van der Waals surface area contributed by atoms with Crippen molar-refractivity contribution in [2.45, 2.75) is 25.8 Å². The van der Waals surface area contributed by atoms with Gasteiger partial charge in [0.2, 0.25) is 5.95 Å². The van der Waals surface area contributed by atoms with Crippen LogP contribution in [0.2, 0.25) is 5.02 Å². The number of rotatable bonds is 6. The third kappa shape index (κ3) is 4.58. The van der Waals surface area contributed by atoms with E-state index in [1.54, 1.807) is 18.6 Å². The fourth-order valence-electron chi connectivity index (χ4n) is 4.30. The van der Waals surface area contributed by atoms with Crippen molar-refractivity contribution in [3.63, 3.8) is 0 Å². The Labute approximate surface area is 202 Å². The number of anilines is 4. The van der Waals surface area contributed by atoms with Crippen molar-refractivity contribution in [1.82, 2.24) is 24.3 Å². The highest BCUT2D eigenvalue weighted by Gasteiger charge is 2.29. The van der Waals surface area contributed by atoms with E-state index in [1.807, 2.05) is 41.1 Å². The van der Waals surface area contributed by atoms with Crippen LogP contribution in [0.5, 0.6) is 0 Å². The molecule has 1 saturated heterocycles. The molecule has 2 atom stereocenters. The van der Waals surface area contributed by atoms with E-state index < -0.39 is 0 Å². The van der Waals surface area contributed by atoms with Crippen molar-refractivity contribution in [3.05, 3.63) is 65.8 Å². The first kappa shape index (κ1) is 21.9. The second-order valence-electron chi connectivity index (χ2n) is 8.29. The summed E-state index contributed by atoms with van der Waals surface area (Å²) in [5.41, 5.74) is 2.26.